The van der Waals surface area contributed by atoms with Crippen LogP contribution in [0.3, 0.4) is 0 Å². The topological polar surface area (TPSA) is 63.3 Å². The highest BCUT2D eigenvalue weighted by molar-refractivity contribution is 5.85. The highest BCUT2D eigenvalue weighted by Gasteiger charge is 2.05. The molecule has 0 saturated carbocycles. The minimum absolute atomic E-state index is 0. The Hall–Kier alpha value is -2.14. The van der Waals surface area contributed by atoms with Gasteiger partial charge in [-0.2, -0.15) is 0 Å². The van der Waals surface area contributed by atoms with E-state index < -0.39 is 0 Å². The maximum Gasteiger partial charge on any atom is 0.160 e. The van der Waals surface area contributed by atoms with Gasteiger partial charge in [-0.1, -0.05) is 0 Å². The largest absolute Gasteiger partial charge is 0.506 e. The van der Waals surface area contributed by atoms with Crippen molar-refractivity contribution in [2.24, 2.45) is 0 Å². The van der Waals surface area contributed by atoms with Gasteiger partial charge in [-0.15, -0.1) is 22.6 Å². The molecule has 1 N–H and O–H groups in total. The van der Waals surface area contributed by atoms with E-state index in [2.05, 4.69) is 15.2 Å². The molecule has 0 amide bonds. The van der Waals surface area contributed by atoms with Gasteiger partial charge in [-0.05, 0) is 24.3 Å². The van der Waals surface area contributed by atoms with Crippen LogP contribution in [0.2, 0.25) is 0 Å². The third kappa shape index (κ3) is 1.92. The van der Waals surface area contributed by atoms with Crippen molar-refractivity contribution in [2.45, 2.75) is 0 Å². The molecule has 3 aromatic heterocycles. The Balaban J connectivity index is 0.00000108. The number of aromatic hydroxyl groups is 1. The number of rotatable bonds is 1. The summed E-state index contributed by atoms with van der Waals surface area (Å²) in [5, 5.41) is 17.4. The summed E-state index contributed by atoms with van der Waals surface area (Å²) in [5.41, 5.74) is 2.14. The van der Waals surface area contributed by atoms with Crippen molar-refractivity contribution in [3.8, 4) is 17.0 Å². The lowest BCUT2D eigenvalue weighted by Gasteiger charge is -2.03. The molecule has 0 spiro atoms. The van der Waals surface area contributed by atoms with Crippen molar-refractivity contribution in [2.75, 3.05) is 0 Å². The fourth-order valence-corrected chi connectivity index (χ4v) is 1.59. The van der Waals surface area contributed by atoms with Gasteiger partial charge >= 0.3 is 0 Å². The van der Waals surface area contributed by atoms with Gasteiger partial charge in [0.15, 0.2) is 5.65 Å². The number of hydrogen-bond acceptors (Lipinski definition) is 4. The number of fused-ring (bicyclic) bond motifs is 1. The zero-order valence-corrected chi connectivity index (χ0v) is 9.50. The summed E-state index contributed by atoms with van der Waals surface area (Å²) in [6.45, 7) is 0. The number of aromatic nitrogens is 4. The quantitative estimate of drug-likeness (QED) is 0.715. The summed E-state index contributed by atoms with van der Waals surface area (Å²) in [4.78, 5) is 4.14. The van der Waals surface area contributed by atoms with E-state index in [1.807, 2.05) is 18.3 Å². The molecule has 0 fully saturated rings. The van der Waals surface area contributed by atoms with E-state index in [1.165, 1.54) is 0 Å². The van der Waals surface area contributed by atoms with Gasteiger partial charge in [-0.3, -0.25) is 9.38 Å². The Kier molecular flexibility index (Phi) is 2.93. The molecule has 0 aliphatic heterocycles. The molecule has 0 aromatic carbocycles. The van der Waals surface area contributed by atoms with Gasteiger partial charge in [-0.25, -0.2) is 0 Å². The minimum Gasteiger partial charge on any atom is -0.506 e. The SMILES string of the molecule is Cl.Oc1cccnc1-c1ccc2nncn2c1. The Labute approximate surface area is 103 Å². The van der Waals surface area contributed by atoms with E-state index in [4.69, 9.17) is 0 Å². The molecule has 86 valence electrons. The van der Waals surface area contributed by atoms with Crippen LogP contribution in [0.5, 0.6) is 5.75 Å². The van der Waals surface area contributed by atoms with E-state index in [9.17, 15) is 5.11 Å². The van der Waals surface area contributed by atoms with Crippen LogP contribution in [0.1, 0.15) is 0 Å². The molecule has 0 aliphatic rings. The summed E-state index contributed by atoms with van der Waals surface area (Å²) in [5.74, 6) is 0.162. The Bertz CT molecular complexity index is 653. The molecule has 0 atom stereocenters. The highest BCUT2D eigenvalue weighted by atomic mass is 35.5. The molecule has 17 heavy (non-hydrogen) atoms. The second kappa shape index (κ2) is 4.39. The first-order valence-corrected chi connectivity index (χ1v) is 4.78. The summed E-state index contributed by atoms with van der Waals surface area (Å²) in [6.07, 6.45) is 5.08. The third-order valence-electron chi connectivity index (χ3n) is 2.35. The zero-order valence-electron chi connectivity index (χ0n) is 8.69. The average molecular weight is 249 g/mol. The first-order valence-electron chi connectivity index (χ1n) is 4.78. The van der Waals surface area contributed by atoms with Crippen LogP contribution in [-0.4, -0.2) is 24.7 Å². The van der Waals surface area contributed by atoms with Crippen LogP contribution in [0.4, 0.5) is 0 Å². The van der Waals surface area contributed by atoms with Crippen molar-refractivity contribution in [1.29, 1.82) is 0 Å². The summed E-state index contributed by atoms with van der Waals surface area (Å²) in [6, 6.07) is 6.98. The number of hydrogen-bond donors (Lipinski definition) is 1. The molecule has 0 aliphatic carbocycles. The van der Waals surface area contributed by atoms with Gasteiger partial charge in [0, 0.05) is 18.0 Å². The molecule has 3 heterocycles. The molecular formula is C11H9ClN4O. The van der Waals surface area contributed by atoms with Crippen LogP contribution in [0.15, 0.2) is 43.0 Å². The van der Waals surface area contributed by atoms with E-state index in [0.29, 0.717) is 5.69 Å². The van der Waals surface area contributed by atoms with Crippen LogP contribution >= 0.6 is 12.4 Å². The fraction of sp³-hybridized carbons (Fsp3) is 0. The highest BCUT2D eigenvalue weighted by Crippen LogP contribution is 2.25. The summed E-state index contributed by atoms with van der Waals surface area (Å²) < 4.78 is 1.78. The standard InChI is InChI=1S/C11H8N4O.ClH/c16-9-2-1-5-12-11(9)8-3-4-10-14-13-7-15(10)6-8;/h1-7,16H;1H. The van der Waals surface area contributed by atoms with Gasteiger partial charge in [0.25, 0.3) is 0 Å². The predicted octanol–water partition coefficient (Wildman–Crippen LogP) is 1.92. The molecule has 0 saturated heterocycles. The van der Waals surface area contributed by atoms with Gasteiger partial charge in [0.1, 0.15) is 17.8 Å². The van der Waals surface area contributed by atoms with Gasteiger partial charge < -0.3 is 5.11 Å². The number of nitrogens with zero attached hydrogens (tertiary/aromatic N) is 4. The molecule has 5 nitrogen and oxygen atoms in total. The first-order chi connectivity index (χ1) is 7.84. The lowest BCUT2D eigenvalue weighted by molar-refractivity contribution is 0.475. The maximum atomic E-state index is 9.68. The molecule has 0 radical (unpaired) electrons. The second-order valence-electron chi connectivity index (χ2n) is 3.39. The molecule has 3 rings (SSSR count). The van der Waals surface area contributed by atoms with E-state index >= 15 is 0 Å². The number of pyridine rings is 2. The number of halogens is 1. The van der Waals surface area contributed by atoms with E-state index in [1.54, 1.807) is 29.1 Å². The van der Waals surface area contributed by atoms with Crippen LogP contribution in [0, 0.1) is 0 Å². The molecule has 6 heteroatoms. The van der Waals surface area contributed by atoms with Crippen LogP contribution < -0.4 is 0 Å². The van der Waals surface area contributed by atoms with Gasteiger partial charge in [0.05, 0.1) is 0 Å². The van der Waals surface area contributed by atoms with Crippen molar-refractivity contribution in [1.82, 2.24) is 19.6 Å². The predicted molar refractivity (Wildman–Crippen MR) is 65.1 cm³/mol. The summed E-state index contributed by atoms with van der Waals surface area (Å²) >= 11 is 0. The molecule has 0 unspecified atom stereocenters. The average Bonchev–Trinajstić information content (AvgIpc) is 2.76. The first kappa shape index (κ1) is 11.3. The molecule has 0 bridgehead atoms. The van der Waals surface area contributed by atoms with E-state index in [-0.39, 0.29) is 18.2 Å². The van der Waals surface area contributed by atoms with E-state index in [0.717, 1.165) is 11.2 Å². The second-order valence-corrected chi connectivity index (χ2v) is 3.39. The Morgan fingerprint density at radius 3 is 2.88 bits per heavy atom. The minimum atomic E-state index is 0. The smallest absolute Gasteiger partial charge is 0.160 e. The van der Waals surface area contributed by atoms with Crippen molar-refractivity contribution in [3.05, 3.63) is 43.0 Å². The lowest BCUT2D eigenvalue weighted by Crippen LogP contribution is -1.88. The van der Waals surface area contributed by atoms with Crippen molar-refractivity contribution in [3.63, 3.8) is 0 Å². The Morgan fingerprint density at radius 1 is 1.18 bits per heavy atom. The van der Waals surface area contributed by atoms with Crippen LogP contribution in [0.25, 0.3) is 16.9 Å². The normalized spacial score (nSPS) is 10.1. The van der Waals surface area contributed by atoms with Crippen LogP contribution in [-0.2, 0) is 0 Å². The Morgan fingerprint density at radius 2 is 2.06 bits per heavy atom. The van der Waals surface area contributed by atoms with Crippen molar-refractivity contribution >= 4 is 18.1 Å². The maximum absolute atomic E-state index is 9.68. The fourth-order valence-electron chi connectivity index (χ4n) is 1.59. The lowest BCUT2D eigenvalue weighted by atomic mass is 10.2. The zero-order chi connectivity index (χ0) is 11.0. The molecular weight excluding hydrogens is 240 g/mol. The third-order valence-corrected chi connectivity index (χ3v) is 2.35. The monoisotopic (exact) mass is 248 g/mol. The van der Waals surface area contributed by atoms with Gasteiger partial charge in [0.2, 0.25) is 0 Å². The van der Waals surface area contributed by atoms with Crippen molar-refractivity contribution < 1.29 is 5.11 Å². The summed E-state index contributed by atoms with van der Waals surface area (Å²) in [7, 11) is 0. The molecule has 3 aromatic rings.